The number of fused-ring (bicyclic) bond motifs is 10. The molecule has 0 aliphatic carbocycles. The summed E-state index contributed by atoms with van der Waals surface area (Å²) in [5.74, 6) is 0. The molecule has 2 aliphatic heterocycles. The van der Waals surface area contributed by atoms with E-state index in [0.29, 0.717) is 0 Å². The Kier molecular flexibility index (Phi) is 7.49. The highest BCUT2D eigenvalue weighted by molar-refractivity contribution is 7.00. The zero-order valence-electron chi connectivity index (χ0n) is 34.9. The number of nitrogens with zero attached hydrogens (tertiary/aromatic N) is 3. The minimum absolute atomic E-state index is 0.0306. The van der Waals surface area contributed by atoms with Gasteiger partial charge in [0, 0.05) is 55.4 Å². The van der Waals surface area contributed by atoms with Crippen LogP contribution in [0.2, 0.25) is 0 Å². The largest absolute Gasteiger partial charge is 0.311 e. The number of hydrogen-bond acceptors (Lipinski definition) is 1. The Labute approximate surface area is 371 Å². The molecule has 4 heterocycles. The van der Waals surface area contributed by atoms with Crippen molar-refractivity contribution in [2.24, 2.45) is 0 Å². The predicted molar refractivity (Wildman–Crippen MR) is 271 cm³/mol. The van der Waals surface area contributed by atoms with Crippen LogP contribution < -0.4 is 21.3 Å². The van der Waals surface area contributed by atoms with Gasteiger partial charge in [-0.3, -0.25) is 0 Å². The summed E-state index contributed by atoms with van der Waals surface area (Å²) >= 11 is 0. The molecule has 296 valence electrons. The SMILES string of the molecule is c1ccc(-c2cc3c4c(c2)-n2c5ccccc5c5cccc(c52)B4c2cc4c(cc2N3c2ccccc2-c2ccccc2)c2cc(-c3ccccc3)ccc2n4-c2ccccc2)cc1. The number of benzene rings is 10. The van der Waals surface area contributed by atoms with Gasteiger partial charge in [0.2, 0.25) is 0 Å². The van der Waals surface area contributed by atoms with Crippen molar-refractivity contribution in [2.75, 3.05) is 4.90 Å². The topological polar surface area (TPSA) is 13.1 Å². The standard InChI is InChI=1S/C60H38BN3/c1-5-18-39(19-6-1)42-32-33-54-48(34-42)49-37-56-51(38-55(49)62(54)44-24-11-4-12-25-44)61-50-29-17-28-47-46-27-14-16-31-53(46)64(60(47)50)58-36-43(40-20-7-2-8-21-40)35-57(59(58)61)63(56)52-30-15-13-26-45(52)41-22-9-3-10-23-41/h1-38H. The van der Waals surface area contributed by atoms with Crippen molar-refractivity contribution >= 4 is 83.8 Å². The van der Waals surface area contributed by atoms with Crippen LogP contribution in [0.4, 0.5) is 17.1 Å². The predicted octanol–water partition coefficient (Wildman–Crippen LogP) is 13.5. The van der Waals surface area contributed by atoms with Gasteiger partial charge in [-0.2, -0.15) is 0 Å². The highest BCUT2D eigenvalue weighted by Crippen LogP contribution is 2.48. The summed E-state index contributed by atoms with van der Waals surface area (Å²) in [7, 11) is 0. The summed E-state index contributed by atoms with van der Waals surface area (Å²) in [4.78, 5) is 2.60. The van der Waals surface area contributed by atoms with Gasteiger partial charge in [-0.05, 0) is 105 Å². The van der Waals surface area contributed by atoms with E-state index in [1.807, 2.05) is 0 Å². The van der Waals surface area contributed by atoms with Gasteiger partial charge in [0.25, 0.3) is 6.71 Å². The molecule has 2 aromatic heterocycles. The van der Waals surface area contributed by atoms with E-state index in [1.54, 1.807) is 0 Å². The molecule has 0 fully saturated rings. The Morgan fingerprint density at radius 2 is 0.906 bits per heavy atom. The molecule has 0 saturated heterocycles. The van der Waals surface area contributed by atoms with Crippen LogP contribution in [-0.2, 0) is 0 Å². The molecule has 3 nitrogen and oxygen atoms in total. The molecule has 0 spiro atoms. The zero-order chi connectivity index (χ0) is 41.9. The van der Waals surface area contributed by atoms with Crippen LogP contribution in [0, 0.1) is 0 Å². The molecular weight excluding hydrogens is 773 g/mol. The van der Waals surface area contributed by atoms with Crippen LogP contribution in [0.15, 0.2) is 231 Å². The molecule has 2 aliphatic rings. The Morgan fingerprint density at radius 1 is 0.297 bits per heavy atom. The van der Waals surface area contributed by atoms with E-state index in [-0.39, 0.29) is 6.71 Å². The van der Waals surface area contributed by atoms with Gasteiger partial charge < -0.3 is 14.0 Å². The van der Waals surface area contributed by atoms with Crippen LogP contribution in [0.3, 0.4) is 0 Å². The van der Waals surface area contributed by atoms with Gasteiger partial charge in [0.15, 0.2) is 0 Å². The quantitative estimate of drug-likeness (QED) is 0.158. The molecule has 0 radical (unpaired) electrons. The minimum Gasteiger partial charge on any atom is -0.311 e. The molecule has 4 heteroatoms. The van der Waals surface area contributed by atoms with E-state index in [0.717, 1.165) is 11.4 Å². The Bertz CT molecular complexity index is 3830. The maximum Gasteiger partial charge on any atom is 0.252 e. The van der Waals surface area contributed by atoms with Crippen molar-refractivity contribution in [1.29, 1.82) is 0 Å². The van der Waals surface area contributed by atoms with Crippen LogP contribution in [0.25, 0.3) is 88.4 Å². The third kappa shape index (κ3) is 4.99. The molecule has 0 unspecified atom stereocenters. The average Bonchev–Trinajstić information content (AvgIpc) is 3.88. The third-order valence-corrected chi connectivity index (χ3v) is 13.9. The number of hydrogen-bond donors (Lipinski definition) is 0. The fourth-order valence-corrected chi connectivity index (χ4v) is 11.2. The molecule has 0 saturated carbocycles. The van der Waals surface area contributed by atoms with Crippen molar-refractivity contribution in [3.8, 4) is 44.8 Å². The molecular formula is C60H38BN3. The van der Waals surface area contributed by atoms with E-state index in [4.69, 9.17) is 0 Å². The van der Waals surface area contributed by atoms with E-state index in [2.05, 4.69) is 245 Å². The van der Waals surface area contributed by atoms with Gasteiger partial charge in [0.05, 0.1) is 22.2 Å². The summed E-state index contributed by atoms with van der Waals surface area (Å²) < 4.78 is 5.05. The van der Waals surface area contributed by atoms with Gasteiger partial charge >= 0.3 is 0 Å². The molecule has 12 aromatic rings. The van der Waals surface area contributed by atoms with Crippen LogP contribution in [-0.4, -0.2) is 15.8 Å². The van der Waals surface area contributed by atoms with E-state index in [9.17, 15) is 0 Å². The minimum atomic E-state index is -0.0306. The molecule has 0 bridgehead atoms. The van der Waals surface area contributed by atoms with Crippen molar-refractivity contribution in [2.45, 2.75) is 0 Å². The highest BCUT2D eigenvalue weighted by Gasteiger charge is 2.43. The first kappa shape index (κ1) is 35.3. The van der Waals surface area contributed by atoms with Crippen LogP contribution >= 0.6 is 0 Å². The lowest BCUT2D eigenvalue weighted by molar-refractivity contribution is 1.17. The highest BCUT2D eigenvalue weighted by atomic mass is 15.2. The Hall–Kier alpha value is -8.34. The molecule has 0 N–H and O–H groups in total. The summed E-state index contributed by atoms with van der Waals surface area (Å²) in [6.45, 7) is -0.0306. The van der Waals surface area contributed by atoms with Gasteiger partial charge in [-0.1, -0.05) is 170 Å². The Morgan fingerprint density at radius 3 is 1.69 bits per heavy atom. The first-order valence-electron chi connectivity index (χ1n) is 22.2. The second-order valence-electron chi connectivity index (χ2n) is 17.2. The summed E-state index contributed by atoms with van der Waals surface area (Å²) in [5.41, 5.74) is 22.0. The monoisotopic (exact) mass is 811 g/mol. The lowest BCUT2D eigenvalue weighted by Gasteiger charge is -2.41. The number of anilines is 3. The normalized spacial score (nSPS) is 12.6. The first-order chi connectivity index (χ1) is 31.8. The maximum atomic E-state index is 2.60. The molecule has 0 amide bonds. The number of rotatable bonds is 5. The third-order valence-electron chi connectivity index (χ3n) is 13.9. The summed E-state index contributed by atoms with van der Waals surface area (Å²) in [5, 5.41) is 5.02. The molecule has 14 rings (SSSR count). The van der Waals surface area contributed by atoms with Crippen LogP contribution in [0.1, 0.15) is 0 Å². The van der Waals surface area contributed by atoms with Gasteiger partial charge in [-0.15, -0.1) is 0 Å². The van der Waals surface area contributed by atoms with Crippen molar-refractivity contribution in [1.82, 2.24) is 9.13 Å². The Balaban J connectivity index is 1.17. The molecule has 0 atom stereocenters. The summed E-state index contributed by atoms with van der Waals surface area (Å²) in [6.07, 6.45) is 0. The molecule has 10 aromatic carbocycles. The van der Waals surface area contributed by atoms with Crippen LogP contribution in [0.5, 0.6) is 0 Å². The molecule has 64 heavy (non-hydrogen) atoms. The summed E-state index contributed by atoms with van der Waals surface area (Å²) in [6, 6.07) is 85.4. The number of aromatic nitrogens is 2. The van der Waals surface area contributed by atoms with E-state index < -0.39 is 0 Å². The lowest BCUT2D eigenvalue weighted by Crippen LogP contribution is -2.60. The van der Waals surface area contributed by atoms with Crippen molar-refractivity contribution in [3.63, 3.8) is 0 Å². The second-order valence-corrected chi connectivity index (χ2v) is 17.2. The zero-order valence-corrected chi connectivity index (χ0v) is 34.9. The van der Waals surface area contributed by atoms with Crippen molar-refractivity contribution in [3.05, 3.63) is 231 Å². The van der Waals surface area contributed by atoms with E-state index in [1.165, 1.54) is 110 Å². The average molecular weight is 812 g/mol. The smallest absolute Gasteiger partial charge is 0.252 e. The first-order valence-corrected chi connectivity index (χ1v) is 22.2. The maximum absolute atomic E-state index is 2.60. The number of para-hydroxylation sites is 4. The van der Waals surface area contributed by atoms with Gasteiger partial charge in [0.1, 0.15) is 0 Å². The van der Waals surface area contributed by atoms with Crippen molar-refractivity contribution < 1.29 is 0 Å². The lowest BCUT2D eigenvalue weighted by atomic mass is 9.33. The fourth-order valence-electron chi connectivity index (χ4n) is 11.2. The second kappa shape index (κ2) is 13.6. The fraction of sp³-hybridized carbons (Fsp3) is 0. The van der Waals surface area contributed by atoms with E-state index >= 15 is 0 Å². The van der Waals surface area contributed by atoms with Gasteiger partial charge in [-0.25, -0.2) is 0 Å².